The number of hydrogen-bond donors (Lipinski definition) is 1. The molecule has 6 rings (SSSR count). The predicted octanol–water partition coefficient (Wildman–Crippen LogP) is 7.83. The number of nitrogens with one attached hydrogen (secondary N) is 1. The molecule has 2 heterocycles. The first-order valence-electron chi connectivity index (χ1n) is 13.5. The Labute approximate surface area is 253 Å². The van der Waals surface area contributed by atoms with Crippen LogP contribution in [0.15, 0.2) is 108 Å². The van der Waals surface area contributed by atoms with Crippen molar-refractivity contribution in [1.82, 2.24) is 4.40 Å². The monoisotopic (exact) mass is 612 g/mol. The van der Waals surface area contributed by atoms with Gasteiger partial charge in [-0.2, -0.15) is 13.2 Å². The number of anilines is 1. The van der Waals surface area contributed by atoms with Crippen molar-refractivity contribution < 1.29 is 27.5 Å². The summed E-state index contributed by atoms with van der Waals surface area (Å²) in [5, 5.41) is 4.68. The molecule has 44 heavy (non-hydrogen) atoms. The fourth-order valence-electron chi connectivity index (χ4n) is 5.26. The van der Waals surface area contributed by atoms with E-state index in [9.17, 15) is 27.6 Å². The lowest BCUT2D eigenvalue weighted by molar-refractivity contribution is -0.137. The molecule has 0 aliphatic rings. The first-order valence-corrected chi connectivity index (χ1v) is 14.3. The van der Waals surface area contributed by atoms with E-state index in [1.165, 1.54) is 18.2 Å². The summed E-state index contributed by atoms with van der Waals surface area (Å²) in [7, 11) is 1.14. The van der Waals surface area contributed by atoms with Gasteiger partial charge in [-0.1, -0.05) is 72.8 Å². The maximum absolute atomic E-state index is 13.7. The zero-order valence-electron chi connectivity index (χ0n) is 23.1. The van der Waals surface area contributed by atoms with Gasteiger partial charge in [-0.05, 0) is 58.1 Å². The summed E-state index contributed by atoms with van der Waals surface area (Å²) in [6.45, 7) is 0. The molecule has 1 N–H and O–H groups in total. The molecular formula is C34H23F3N2O4S. The third-order valence-corrected chi connectivity index (χ3v) is 8.43. The third kappa shape index (κ3) is 5.35. The van der Waals surface area contributed by atoms with E-state index < -0.39 is 29.2 Å². The number of pyridine rings is 1. The van der Waals surface area contributed by atoms with Crippen molar-refractivity contribution in [1.29, 1.82) is 0 Å². The Balaban J connectivity index is 1.61. The second kappa shape index (κ2) is 11.5. The summed E-state index contributed by atoms with van der Waals surface area (Å²) in [5.41, 5.74) is 1.03. The Morgan fingerprint density at radius 1 is 0.864 bits per heavy atom. The maximum Gasteiger partial charge on any atom is 0.416 e. The maximum atomic E-state index is 13.7. The van der Waals surface area contributed by atoms with Gasteiger partial charge in [0.15, 0.2) is 5.69 Å². The van der Waals surface area contributed by atoms with E-state index in [0.29, 0.717) is 22.4 Å². The average Bonchev–Trinajstić information content (AvgIpc) is 3.42. The Bertz CT molecular complexity index is 2100. The molecule has 220 valence electrons. The molecule has 0 aliphatic heterocycles. The highest BCUT2D eigenvalue weighted by Gasteiger charge is 2.31. The third-order valence-electron chi connectivity index (χ3n) is 7.27. The zero-order chi connectivity index (χ0) is 31.0. The Kier molecular flexibility index (Phi) is 7.52. The predicted molar refractivity (Wildman–Crippen MR) is 164 cm³/mol. The standard InChI is InChI=1S/C34H23F3N2O4S/c1-43-33(42)29-30(31(41)38-25-11-3-2-4-12-25)44-32-28(21-14-16-24(17-15-21)34(35,36)37)23(19-27(40)39(29)32)18-22-10-7-9-20-8-5-6-13-26(20)22/h2-17,19H,18H2,1H3,(H,38,41). The van der Waals surface area contributed by atoms with Crippen LogP contribution in [-0.2, 0) is 17.3 Å². The van der Waals surface area contributed by atoms with Crippen molar-refractivity contribution in [3.8, 4) is 11.1 Å². The molecule has 0 bridgehead atoms. The highest BCUT2D eigenvalue weighted by atomic mass is 32.1. The lowest BCUT2D eigenvalue weighted by Crippen LogP contribution is -2.22. The van der Waals surface area contributed by atoms with Crippen molar-refractivity contribution in [2.75, 3.05) is 12.4 Å². The second-order valence-corrected chi connectivity index (χ2v) is 11.0. The van der Waals surface area contributed by atoms with E-state index in [2.05, 4.69) is 5.32 Å². The number of hydrogen-bond acceptors (Lipinski definition) is 5. The molecule has 0 spiro atoms. The van der Waals surface area contributed by atoms with Gasteiger partial charge in [-0.25, -0.2) is 4.79 Å². The van der Waals surface area contributed by atoms with E-state index in [1.807, 2.05) is 42.5 Å². The molecule has 1 amide bonds. The highest BCUT2D eigenvalue weighted by molar-refractivity contribution is 7.20. The van der Waals surface area contributed by atoms with Crippen LogP contribution in [0, 0.1) is 0 Å². The summed E-state index contributed by atoms with van der Waals surface area (Å²) >= 11 is 0.897. The van der Waals surface area contributed by atoms with Crippen molar-refractivity contribution in [2.45, 2.75) is 12.6 Å². The van der Waals surface area contributed by atoms with Crippen LogP contribution in [0.3, 0.4) is 0 Å². The number of amides is 1. The highest BCUT2D eigenvalue weighted by Crippen LogP contribution is 2.38. The van der Waals surface area contributed by atoms with Gasteiger partial charge in [-0.3, -0.25) is 14.0 Å². The van der Waals surface area contributed by atoms with Crippen molar-refractivity contribution in [2.24, 2.45) is 0 Å². The van der Waals surface area contributed by atoms with Crippen molar-refractivity contribution in [3.63, 3.8) is 0 Å². The van der Waals surface area contributed by atoms with Gasteiger partial charge in [0, 0.05) is 17.3 Å². The first-order chi connectivity index (χ1) is 21.2. The largest absolute Gasteiger partial charge is 0.464 e. The average molecular weight is 613 g/mol. The molecular weight excluding hydrogens is 589 g/mol. The Hall–Kier alpha value is -5.22. The molecule has 0 saturated carbocycles. The minimum atomic E-state index is -4.54. The SMILES string of the molecule is COC(=O)c1c(C(=O)Nc2ccccc2)sc2c(-c3ccc(C(F)(F)F)cc3)c(Cc3cccc4ccccc34)cc(=O)n12. The smallest absolute Gasteiger partial charge is 0.416 e. The number of benzene rings is 4. The summed E-state index contributed by atoms with van der Waals surface area (Å²) in [6.07, 6.45) is -4.28. The van der Waals surface area contributed by atoms with Crippen LogP contribution in [0.4, 0.5) is 18.9 Å². The van der Waals surface area contributed by atoms with Gasteiger partial charge in [0.25, 0.3) is 11.5 Å². The molecule has 2 aromatic heterocycles. The molecule has 0 unspecified atom stereocenters. The molecule has 0 atom stereocenters. The zero-order valence-corrected chi connectivity index (χ0v) is 24.0. The Morgan fingerprint density at radius 2 is 1.55 bits per heavy atom. The van der Waals surface area contributed by atoms with Gasteiger partial charge in [0.2, 0.25) is 0 Å². The number of para-hydroxylation sites is 1. The number of alkyl halides is 3. The summed E-state index contributed by atoms with van der Waals surface area (Å²) in [5.74, 6) is -1.55. The fraction of sp³-hybridized carbons (Fsp3) is 0.0882. The van der Waals surface area contributed by atoms with E-state index in [4.69, 9.17) is 4.74 Å². The molecule has 0 saturated heterocycles. The number of carbonyl (C=O) groups is 2. The van der Waals surface area contributed by atoms with Crippen molar-refractivity contribution >= 4 is 44.5 Å². The quantitative estimate of drug-likeness (QED) is 0.195. The van der Waals surface area contributed by atoms with Crippen LogP contribution < -0.4 is 10.9 Å². The molecule has 0 fully saturated rings. The van der Waals surface area contributed by atoms with Gasteiger partial charge in [0.1, 0.15) is 9.71 Å². The number of methoxy groups -OCH3 is 1. The van der Waals surface area contributed by atoms with E-state index >= 15 is 0 Å². The Morgan fingerprint density at radius 3 is 2.25 bits per heavy atom. The van der Waals surface area contributed by atoms with Crippen LogP contribution in [0.1, 0.15) is 36.9 Å². The topological polar surface area (TPSA) is 76.9 Å². The summed E-state index contributed by atoms with van der Waals surface area (Å²) < 4.78 is 46.4. The van der Waals surface area contributed by atoms with Crippen molar-refractivity contribution in [3.05, 3.63) is 141 Å². The van der Waals surface area contributed by atoms with E-state index in [0.717, 1.165) is 51.3 Å². The van der Waals surface area contributed by atoms with Gasteiger partial charge in [-0.15, -0.1) is 11.3 Å². The van der Waals surface area contributed by atoms with Crippen LogP contribution in [0.25, 0.3) is 26.7 Å². The number of aromatic nitrogens is 1. The number of esters is 1. The molecule has 0 radical (unpaired) electrons. The minimum Gasteiger partial charge on any atom is -0.464 e. The minimum absolute atomic E-state index is 0.0757. The lowest BCUT2D eigenvalue weighted by atomic mass is 9.93. The van der Waals surface area contributed by atoms with Crippen LogP contribution in [-0.4, -0.2) is 23.4 Å². The molecule has 0 aliphatic carbocycles. The number of carbonyl (C=O) groups excluding carboxylic acids is 2. The van der Waals surface area contributed by atoms with Gasteiger partial charge in [0.05, 0.1) is 12.7 Å². The summed E-state index contributed by atoms with van der Waals surface area (Å²) in [4.78, 5) is 40.5. The molecule has 10 heteroatoms. The number of thiazole rings is 1. The fourth-order valence-corrected chi connectivity index (χ4v) is 6.49. The van der Waals surface area contributed by atoms with Gasteiger partial charge < -0.3 is 10.1 Å². The van der Waals surface area contributed by atoms with Gasteiger partial charge >= 0.3 is 12.1 Å². The number of rotatable bonds is 6. The molecule has 6 nitrogen and oxygen atoms in total. The first kappa shape index (κ1) is 28.9. The lowest BCUT2D eigenvalue weighted by Gasteiger charge is -2.15. The number of ether oxygens (including phenoxy) is 1. The van der Waals surface area contributed by atoms with Crippen LogP contribution in [0.2, 0.25) is 0 Å². The molecule has 4 aromatic carbocycles. The second-order valence-electron chi connectivity index (χ2n) is 10.0. The van der Waals surface area contributed by atoms with E-state index in [-0.39, 0.29) is 21.8 Å². The molecule has 6 aromatic rings. The normalized spacial score (nSPS) is 11.5. The number of fused-ring (bicyclic) bond motifs is 2. The number of halogens is 3. The summed E-state index contributed by atoms with van der Waals surface area (Å²) in [6, 6.07) is 28.1. The van der Waals surface area contributed by atoms with E-state index in [1.54, 1.807) is 30.3 Å². The number of nitrogens with zero attached hydrogens (tertiary/aromatic N) is 1. The van der Waals surface area contributed by atoms with Crippen LogP contribution >= 0.6 is 11.3 Å². The van der Waals surface area contributed by atoms with Crippen LogP contribution in [0.5, 0.6) is 0 Å².